The van der Waals surface area contributed by atoms with Crippen LogP contribution in [0.3, 0.4) is 0 Å². The maximum Gasteiger partial charge on any atom is 0.416 e. The average Bonchev–Trinajstić information content (AvgIpc) is 2.68. The van der Waals surface area contributed by atoms with Crippen molar-refractivity contribution in [2.75, 3.05) is 43.6 Å². The number of nitrogens with one attached hydrogen (secondary N) is 1. The van der Waals surface area contributed by atoms with Crippen LogP contribution in [0.5, 0.6) is 5.75 Å². The van der Waals surface area contributed by atoms with Gasteiger partial charge in [0.2, 0.25) is 0 Å². The Morgan fingerprint density at radius 1 is 1.22 bits per heavy atom. The van der Waals surface area contributed by atoms with E-state index in [-0.39, 0.29) is 17.1 Å². The number of hydrogen-bond donors (Lipinski definition) is 1. The Labute approximate surface area is 153 Å². The molecule has 1 fully saturated rings. The Morgan fingerprint density at radius 2 is 1.96 bits per heavy atom. The molecule has 1 amide bonds. The topological polar surface area (TPSA) is 76.6 Å². The summed E-state index contributed by atoms with van der Waals surface area (Å²) in [6.07, 6.45) is -3.30. The molecule has 0 unspecified atom stereocenters. The molecular formula is C17H17F3N4O3. The van der Waals surface area contributed by atoms with Gasteiger partial charge >= 0.3 is 6.18 Å². The smallest absolute Gasteiger partial charge is 0.416 e. The monoisotopic (exact) mass is 382 g/mol. The van der Waals surface area contributed by atoms with Crippen molar-refractivity contribution in [1.29, 1.82) is 0 Å². The zero-order valence-electron chi connectivity index (χ0n) is 14.4. The van der Waals surface area contributed by atoms with Gasteiger partial charge in [-0.1, -0.05) is 0 Å². The van der Waals surface area contributed by atoms with Crippen molar-refractivity contribution in [3.05, 3.63) is 41.9 Å². The molecule has 1 aliphatic heterocycles. The van der Waals surface area contributed by atoms with Crippen LogP contribution in [0, 0.1) is 0 Å². The highest BCUT2D eigenvalue weighted by atomic mass is 19.4. The molecule has 2 aromatic rings. The lowest BCUT2D eigenvalue weighted by atomic mass is 10.1. The Kier molecular flexibility index (Phi) is 5.45. The molecule has 1 aliphatic rings. The lowest BCUT2D eigenvalue weighted by Crippen LogP contribution is -2.37. The van der Waals surface area contributed by atoms with Gasteiger partial charge in [0.05, 0.1) is 31.6 Å². The quantitative estimate of drug-likeness (QED) is 0.876. The van der Waals surface area contributed by atoms with E-state index in [9.17, 15) is 18.0 Å². The third-order valence-corrected chi connectivity index (χ3v) is 4.00. The summed E-state index contributed by atoms with van der Waals surface area (Å²) < 4.78 is 49.1. The van der Waals surface area contributed by atoms with Crippen LogP contribution < -0.4 is 15.0 Å². The first-order valence-electron chi connectivity index (χ1n) is 8.10. The van der Waals surface area contributed by atoms with Gasteiger partial charge in [0, 0.05) is 19.2 Å². The molecule has 10 heteroatoms. The number of alkyl halides is 3. The van der Waals surface area contributed by atoms with Crippen molar-refractivity contribution in [3.63, 3.8) is 0 Å². The maximum atomic E-state index is 12.9. The van der Waals surface area contributed by atoms with Gasteiger partial charge in [-0.05, 0) is 18.2 Å². The number of carbonyl (C=O) groups excluding carboxylic acids is 1. The van der Waals surface area contributed by atoms with Gasteiger partial charge in [-0.15, -0.1) is 0 Å². The van der Waals surface area contributed by atoms with Gasteiger partial charge < -0.3 is 19.7 Å². The van der Waals surface area contributed by atoms with E-state index in [2.05, 4.69) is 15.3 Å². The minimum atomic E-state index is -4.54. The van der Waals surface area contributed by atoms with Crippen LogP contribution in [0.1, 0.15) is 16.1 Å². The summed E-state index contributed by atoms with van der Waals surface area (Å²) in [7, 11) is 1.31. The first-order chi connectivity index (χ1) is 12.9. The molecular weight excluding hydrogens is 365 g/mol. The molecule has 3 rings (SSSR count). The molecule has 1 saturated heterocycles. The number of benzene rings is 1. The Morgan fingerprint density at radius 3 is 2.63 bits per heavy atom. The number of anilines is 2. The standard InChI is InChI=1S/C17H17F3N4O3/c1-26-14-3-2-11(17(18,19)20)8-12(14)23-16(25)13-9-15(22-10-21-13)24-4-6-27-7-5-24/h2-3,8-10H,4-7H2,1H3,(H,23,25). The van der Waals surface area contributed by atoms with E-state index >= 15 is 0 Å². The maximum absolute atomic E-state index is 12.9. The minimum absolute atomic E-state index is 0.0333. The van der Waals surface area contributed by atoms with Crippen LogP contribution in [0.2, 0.25) is 0 Å². The van der Waals surface area contributed by atoms with E-state index in [0.29, 0.717) is 32.1 Å². The number of amides is 1. The zero-order valence-corrected chi connectivity index (χ0v) is 14.4. The molecule has 1 N–H and O–H groups in total. The fourth-order valence-corrected chi connectivity index (χ4v) is 2.60. The van der Waals surface area contributed by atoms with Crippen LogP contribution in [0.15, 0.2) is 30.6 Å². The zero-order chi connectivity index (χ0) is 19.4. The highest BCUT2D eigenvalue weighted by molar-refractivity contribution is 6.04. The predicted octanol–water partition coefficient (Wildman–Crippen LogP) is 2.59. The first-order valence-corrected chi connectivity index (χ1v) is 8.10. The number of ether oxygens (including phenoxy) is 2. The average molecular weight is 382 g/mol. The largest absolute Gasteiger partial charge is 0.495 e. The van der Waals surface area contributed by atoms with Crippen molar-refractivity contribution < 1.29 is 27.4 Å². The van der Waals surface area contributed by atoms with Crippen LogP contribution in [-0.4, -0.2) is 49.3 Å². The number of morpholine rings is 1. The Balaban J connectivity index is 1.83. The Bertz CT molecular complexity index is 823. The summed E-state index contributed by atoms with van der Waals surface area (Å²) in [5.74, 6) is -0.00204. The number of methoxy groups -OCH3 is 1. The van der Waals surface area contributed by atoms with Crippen molar-refractivity contribution in [3.8, 4) is 5.75 Å². The number of aromatic nitrogens is 2. The first kappa shape index (κ1) is 18.9. The predicted molar refractivity (Wildman–Crippen MR) is 91.0 cm³/mol. The molecule has 0 radical (unpaired) electrons. The molecule has 27 heavy (non-hydrogen) atoms. The summed E-state index contributed by atoms with van der Waals surface area (Å²) in [4.78, 5) is 22.5. The normalized spacial score (nSPS) is 14.7. The van der Waals surface area contributed by atoms with E-state index < -0.39 is 17.6 Å². The fourth-order valence-electron chi connectivity index (χ4n) is 2.60. The van der Waals surface area contributed by atoms with Crippen LogP contribution in [0.25, 0.3) is 0 Å². The van der Waals surface area contributed by atoms with E-state index in [1.165, 1.54) is 19.5 Å². The van der Waals surface area contributed by atoms with Crippen LogP contribution in [-0.2, 0) is 10.9 Å². The summed E-state index contributed by atoms with van der Waals surface area (Å²) in [6, 6.07) is 4.34. The van der Waals surface area contributed by atoms with Crippen molar-refractivity contribution in [2.24, 2.45) is 0 Å². The minimum Gasteiger partial charge on any atom is -0.495 e. The summed E-state index contributed by atoms with van der Waals surface area (Å²) in [5, 5.41) is 2.42. The lowest BCUT2D eigenvalue weighted by Gasteiger charge is -2.27. The molecule has 1 aromatic carbocycles. The summed E-state index contributed by atoms with van der Waals surface area (Å²) >= 11 is 0. The van der Waals surface area contributed by atoms with E-state index in [1.54, 1.807) is 0 Å². The number of carbonyl (C=O) groups is 1. The molecule has 0 bridgehead atoms. The summed E-state index contributed by atoms with van der Waals surface area (Å²) in [6.45, 7) is 2.35. The number of halogens is 3. The number of nitrogens with zero attached hydrogens (tertiary/aromatic N) is 3. The van der Waals surface area contributed by atoms with E-state index in [1.807, 2.05) is 4.90 Å². The second kappa shape index (κ2) is 7.78. The molecule has 0 atom stereocenters. The molecule has 144 valence electrons. The molecule has 0 aliphatic carbocycles. The van der Waals surface area contributed by atoms with Gasteiger partial charge in [-0.3, -0.25) is 4.79 Å². The molecule has 7 nitrogen and oxygen atoms in total. The third-order valence-electron chi connectivity index (χ3n) is 4.00. The van der Waals surface area contributed by atoms with Gasteiger partial charge in [-0.2, -0.15) is 13.2 Å². The molecule has 0 saturated carbocycles. The fraction of sp³-hybridized carbons (Fsp3) is 0.353. The number of hydrogen-bond acceptors (Lipinski definition) is 6. The van der Waals surface area contributed by atoms with Crippen LogP contribution >= 0.6 is 0 Å². The van der Waals surface area contributed by atoms with Gasteiger partial charge in [0.15, 0.2) is 0 Å². The molecule has 2 heterocycles. The Hall–Kier alpha value is -2.88. The van der Waals surface area contributed by atoms with E-state index in [4.69, 9.17) is 9.47 Å². The van der Waals surface area contributed by atoms with Crippen LogP contribution in [0.4, 0.5) is 24.7 Å². The number of rotatable bonds is 4. The van der Waals surface area contributed by atoms with E-state index in [0.717, 1.165) is 18.2 Å². The van der Waals surface area contributed by atoms with Gasteiger partial charge in [-0.25, -0.2) is 9.97 Å². The third kappa shape index (κ3) is 4.45. The second-order valence-electron chi connectivity index (χ2n) is 5.73. The SMILES string of the molecule is COc1ccc(C(F)(F)F)cc1NC(=O)c1cc(N2CCOCC2)ncn1. The van der Waals surface area contributed by atoms with Gasteiger partial charge in [0.1, 0.15) is 23.6 Å². The second-order valence-corrected chi connectivity index (χ2v) is 5.73. The lowest BCUT2D eigenvalue weighted by molar-refractivity contribution is -0.137. The van der Waals surface area contributed by atoms with Crippen molar-refractivity contribution >= 4 is 17.4 Å². The molecule has 0 spiro atoms. The van der Waals surface area contributed by atoms with Crippen molar-refractivity contribution in [2.45, 2.75) is 6.18 Å². The van der Waals surface area contributed by atoms with Gasteiger partial charge in [0.25, 0.3) is 5.91 Å². The highest BCUT2D eigenvalue weighted by Crippen LogP contribution is 2.35. The molecule has 1 aromatic heterocycles. The van der Waals surface area contributed by atoms with Crippen molar-refractivity contribution in [1.82, 2.24) is 9.97 Å². The summed E-state index contributed by atoms with van der Waals surface area (Å²) in [5.41, 5.74) is -0.954. The highest BCUT2D eigenvalue weighted by Gasteiger charge is 2.31.